The SMILES string of the molecule is C[C@H]1CN2C[C@H](Nc3ncc(C(F)(F)F)cc3Cl)C[C@H]2CO1. The molecular weight excluding hydrogens is 319 g/mol. The van der Waals surface area contributed by atoms with Crippen LogP contribution >= 0.6 is 11.6 Å². The van der Waals surface area contributed by atoms with Crippen molar-refractivity contribution in [1.29, 1.82) is 0 Å². The van der Waals surface area contributed by atoms with Crippen LogP contribution in [0.25, 0.3) is 0 Å². The van der Waals surface area contributed by atoms with Crippen LogP contribution in [0.3, 0.4) is 0 Å². The minimum atomic E-state index is -4.43. The van der Waals surface area contributed by atoms with Gasteiger partial charge in [-0.3, -0.25) is 4.90 Å². The van der Waals surface area contributed by atoms with Crippen molar-refractivity contribution in [2.75, 3.05) is 25.0 Å². The molecule has 0 amide bonds. The Kier molecular flexibility index (Phi) is 4.22. The van der Waals surface area contributed by atoms with Crippen LogP contribution in [0.5, 0.6) is 0 Å². The molecule has 2 fully saturated rings. The number of hydrogen-bond donors (Lipinski definition) is 1. The highest BCUT2D eigenvalue weighted by Crippen LogP contribution is 2.33. The second kappa shape index (κ2) is 5.86. The molecule has 0 unspecified atom stereocenters. The van der Waals surface area contributed by atoms with Crippen LogP contribution in [0.1, 0.15) is 18.9 Å². The quantitative estimate of drug-likeness (QED) is 0.901. The third-order valence-corrected chi connectivity index (χ3v) is 4.39. The summed E-state index contributed by atoms with van der Waals surface area (Å²) in [5.41, 5.74) is -0.839. The van der Waals surface area contributed by atoms with E-state index in [1.54, 1.807) is 0 Å². The maximum atomic E-state index is 12.6. The van der Waals surface area contributed by atoms with Crippen LogP contribution in [-0.4, -0.2) is 47.8 Å². The van der Waals surface area contributed by atoms with Gasteiger partial charge < -0.3 is 10.1 Å². The first-order valence-electron chi connectivity index (χ1n) is 7.18. The van der Waals surface area contributed by atoms with Gasteiger partial charge in [0.2, 0.25) is 0 Å². The molecule has 3 rings (SSSR count). The van der Waals surface area contributed by atoms with Crippen LogP contribution in [-0.2, 0) is 10.9 Å². The Bertz CT molecular complexity index is 555. The molecule has 122 valence electrons. The molecule has 2 aliphatic rings. The van der Waals surface area contributed by atoms with Crippen LogP contribution in [0, 0.1) is 0 Å². The molecule has 1 aromatic rings. The highest BCUT2D eigenvalue weighted by atomic mass is 35.5. The second-order valence-electron chi connectivity index (χ2n) is 5.88. The van der Waals surface area contributed by atoms with E-state index >= 15 is 0 Å². The molecule has 1 N–H and O–H groups in total. The summed E-state index contributed by atoms with van der Waals surface area (Å²) >= 11 is 5.93. The number of nitrogens with zero attached hydrogens (tertiary/aromatic N) is 2. The van der Waals surface area contributed by atoms with Gasteiger partial charge in [0, 0.05) is 31.4 Å². The van der Waals surface area contributed by atoms with Gasteiger partial charge >= 0.3 is 6.18 Å². The average Bonchev–Trinajstić information content (AvgIpc) is 2.81. The normalized spacial score (nSPS) is 29.4. The van der Waals surface area contributed by atoms with Crippen molar-refractivity contribution in [2.45, 2.75) is 37.7 Å². The van der Waals surface area contributed by atoms with E-state index in [9.17, 15) is 13.2 Å². The van der Waals surface area contributed by atoms with E-state index in [1.165, 1.54) is 0 Å². The standard InChI is InChI=1S/C14H17ClF3N3O/c1-8-5-21-6-10(3-11(21)7-22-8)20-13-12(15)2-9(4-19-13)14(16,17)18/h2,4,8,10-11H,3,5-7H2,1H3,(H,19,20)/t8-,10+,11-/m0/s1. The summed E-state index contributed by atoms with van der Waals surface area (Å²) in [6.45, 7) is 4.41. The van der Waals surface area contributed by atoms with E-state index in [-0.39, 0.29) is 17.2 Å². The minimum absolute atomic E-state index is 0.00989. The smallest absolute Gasteiger partial charge is 0.376 e. The topological polar surface area (TPSA) is 37.4 Å². The number of aromatic nitrogens is 1. The molecule has 0 saturated carbocycles. The molecule has 0 radical (unpaired) electrons. The number of ether oxygens (including phenoxy) is 1. The third-order valence-electron chi connectivity index (χ3n) is 4.10. The molecule has 3 atom stereocenters. The van der Waals surface area contributed by atoms with Crippen molar-refractivity contribution in [2.24, 2.45) is 0 Å². The summed E-state index contributed by atoms with van der Waals surface area (Å²) in [6.07, 6.45) is -2.55. The molecule has 0 aliphatic carbocycles. The molecule has 2 saturated heterocycles. The summed E-state index contributed by atoms with van der Waals surface area (Å²) in [4.78, 5) is 6.16. The number of anilines is 1. The summed E-state index contributed by atoms with van der Waals surface area (Å²) in [6, 6.07) is 1.37. The second-order valence-corrected chi connectivity index (χ2v) is 6.29. The first-order valence-corrected chi connectivity index (χ1v) is 7.55. The maximum absolute atomic E-state index is 12.6. The lowest BCUT2D eigenvalue weighted by atomic mass is 10.1. The van der Waals surface area contributed by atoms with E-state index < -0.39 is 11.7 Å². The van der Waals surface area contributed by atoms with Crippen LogP contribution in [0.4, 0.5) is 19.0 Å². The fourth-order valence-corrected chi connectivity index (χ4v) is 3.26. The van der Waals surface area contributed by atoms with Gasteiger partial charge in [-0.05, 0) is 19.4 Å². The predicted octanol–water partition coefficient (Wildman–Crippen LogP) is 3.03. The molecule has 3 heterocycles. The van der Waals surface area contributed by atoms with Gasteiger partial charge in [-0.15, -0.1) is 0 Å². The Labute approximate surface area is 131 Å². The zero-order valence-corrected chi connectivity index (χ0v) is 12.8. The maximum Gasteiger partial charge on any atom is 0.417 e. The van der Waals surface area contributed by atoms with E-state index in [2.05, 4.69) is 15.2 Å². The lowest BCUT2D eigenvalue weighted by Crippen LogP contribution is -2.45. The van der Waals surface area contributed by atoms with Crippen molar-refractivity contribution >= 4 is 17.4 Å². The van der Waals surface area contributed by atoms with Gasteiger partial charge in [-0.1, -0.05) is 11.6 Å². The highest BCUT2D eigenvalue weighted by molar-refractivity contribution is 6.33. The lowest BCUT2D eigenvalue weighted by molar-refractivity contribution is -0.137. The van der Waals surface area contributed by atoms with Gasteiger partial charge in [0.25, 0.3) is 0 Å². The van der Waals surface area contributed by atoms with Crippen molar-refractivity contribution in [3.63, 3.8) is 0 Å². The zero-order chi connectivity index (χ0) is 15.9. The minimum Gasteiger partial charge on any atom is -0.376 e. The molecular formula is C14H17ClF3N3O. The Morgan fingerprint density at radius 1 is 1.41 bits per heavy atom. The third kappa shape index (κ3) is 3.31. The average molecular weight is 336 g/mol. The molecule has 1 aromatic heterocycles. The fraction of sp³-hybridized carbons (Fsp3) is 0.643. The van der Waals surface area contributed by atoms with Crippen molar-refractivity contribution < 1.29 is 17.9 Å². The largest absolute Gasteiger partial charge is 0.417 e. The Morgan fingerprint density at radius 2 is 2.18 bits per heavy atom. The van der Waals surface area contributed by atoms with E-state index in [1.807, 2.05) is 6.92 Å². The molecule has 0 bridgehead atoms. The first-order chi connectivity index (χ1) is 10.3. The van der Waals surface area contributed by atoms with Crippen LogP contribution in [0.15, 0.2) is 12.3 Å². The zero-order valence-electron chi connectivity index (χ0n) is 12.0. The number of pyridine rings is 1. The molecule has 4 nitrogen and oxygen atoms in total. The summed E-state index contributed by atoms with van der Waals surface area (Å²) in [5, 5.41) is 3.14. The number of alkyl halides is 3. The van der Waals surface area contributed by atoms with Gasteiger partial charge in [-0.2, -0.15) is 13.2 Å². The number of rotatable bonds is 2. The number of morpholine rings is 1. The van der Waals surface area contributed by atoms with E-state index in [0.717, 1.165) is 31.8 Å². The Hall–Kier alpha value is -1.05. The first kappa shape index (κ1) is 15.8. The summed E-state index contributed by atoms with van der Waals surface area (Å²) in [7, 11) is 0. The monoisotopic (exact) mass is 335 g/mol. The van der Waals surface area contributed by atoms with Gasteiger partial charge in [-0.25, -0.2) is 4.98 Å². The van der Waals surface area contributed by atoms with Crippen LogP contribution < -0.4 is 5.32 Å². The summed E-state index contributed by atoms with van der Waals surface area (Å²) in [5.74, 6) is 0.300. The lowest BCUT2D eigenvalue weighted by Gasteiger charge is -2.33. The van der Waals surface area contributed by atoms with Gasteiger partial charge in [0.1, 0.15) is 5.82 Å². The molecule has 0 spiro atoms. The Balaban J connectivity index is 1.67. The molecule has 2 aliphatic heterocycles. The number of hydrogen-bond acceptors (Lipinski definition) is 4. The predicted molar refractivity (Wildman–Crippen MR) is 77.1 cm³/mol. The van der Waals surface area contributed by atoms with Gasteiger partial charge in [0.15, 0.2) is 0 Å². The van der Waals surface area contributed by atoms with Crippen LogP contribution in [0.2, 0.25) is 5.02 Å². The fourth-order valence-electron chi connectivity index (χ4n) is 3.04. The molecule has 0 aromatic carbocycles. The van der Waals surface area contributed by atoms with Crippen molar-refractivity contribution in [1.82, 2.24) is 9.88 Å². The number of fused-ring (bicyclic) bond motifs is 1. The molecule has 22 heavy (non-hydrogen) atoms. The Morgan fingerprint density at radius 3 is 2.86 bits per heavy atom. The van der Waals surface area contributed by atoms with E-state index in [4.69, 9.17) is 16.3 Å². The van der Waals surface area contributed by atoms with Gasteiger partial charge in [0.05, 0.1) is 23.3 Å². The van der Waals surface area contributed by atoms with Crippen molar-refractivity contribution in [3.8, 4) is 0 Å². The molecule has 8 heteroatoms. The number of halogens is 4. The highest BCUT2D eigenvalue weighted by Gasteiger charge is 2.37. The van der Waals surface area contributed by atoms with Crippen molar-refractivity contribution in [3.05, 3.63) is 22.8 Å². The number of nitrogens with one attached hydrogen (secondary N) is 1. The van der Waals surface area contributed by atoms with E-state index in [0.29, 0.717) is 18.5 Å². The summed E-state index contributed by atoms with van der Waals surface area (Å²) < 4.78 is 43.4.